The molecule has 23 heavy (non-hydrogen) atoms. The number of nitrogens with zero attached hydrogens (tertiary/aromatic N) is 1. The first kappa shape index (κ1) is 13.2. The van der Waals surface area contributed by atoms with Gasteiger partial charge >= 0.3 is 0 Å². The molecule has 1 aromatic heterocycles. The number of hydrogen-bond acceptors (Lipinski definition) is 1. The molecule has 1 aliphatic carbocycles. The number of carbonyl (C=O) groups excluding carboxylic acids is 1. The molecule has 1 N–H and O–H groups in total. The number of rotatable bonds is 1. The molecule has 6 rings (SSSR count). The molecule has 0 spiro atoms. The van der Waals surface area contributed by atoms with Crippen molar-refractivity contribution in [2.75, 3.05) is 6.54 Å². The fourth-order valence-electron chi connectivity index (χ4n) is 4.88. The summed E-state index contributed by atoms with van der Waals surface area (Å²) in [5.74, 6) is 1.10. The van der Waals surface area contributed by atoms with Gasteiger partial charge in [0.15, 0.2) is 0 Å². The van der Waals surface area contributed by atoms with Crippen molar-refractivity contribution >= 4 is 16.8 Å². The first-order valence-electron chi connectivity index (χ1n) is 8.40. The van der Waals surface area contributed by atoms with Gasteiger partial charge in [-0.05, 0) is 42.5 Å². The lowest BCUT2D eigenvalue weighted by Crippen LogP contribution is -2.53. The third kappa shape index (κ3) is 1.68. The maximum atomic E-state index is 12.9. The van der Waals surface area contributed by atoms with Gasteiger partial charge in [0, 0.05) is 29.1 Å². The number of H-pyrrole nitrogens is 1. The van der Waals surface area contributed by atoms with E-state index in [0.717, 1.165) is 18.5 Å². The molecule has 1 amide bonds. The Bertz CT molecular complexity index is 888. The highest BCUT2D eigenvalue weighted by atomic mass is 16.2. The molecule has 3 unspecified atom stereocenters. The van der Waals surface area contributed by atoms with Crippen LogP contribution in [0.3, 0.4) is 0 Å². The van der Waals surface area contributed by atoms with Crippen molar-refractivity contribution in [2.24, 2.45) is 5.92 Å². The van der Waals surface area contributed by atoms with Crippen molar-refractivity contribution in [1.82, 2.24) is 9.88 Å². The summed E-state index contributed by atoms with van der Waals surface area (Å²) in [5.41, 5.74) is 6.13. The molecule has 3 aliphatic heterocycles. The predicted molar refractivity (Wildman–Crippen MR) is 91.4 cm³/mol. The van der Waals surface area contributed by atoms with Crippen LogP contribution in [-0.4, -0.2) is 28.4 Å². The summed E-state index contributed by atoms with van der Waals surface area (Å²) in [4.78, 5) is 18.7. The zero-order valence-electron chi connectivity index (χ0n) is 13.3. The standard InChI is InChI=1S/C20H20N2O/c1-3-13-7-12-8-16-19-15(9-18(23)22(10-12)20(13)16)14-6-11(2)4-5-17(14)21-19/h3-7,12,16,20-21H,1,8-10H2,2H3. The second-order valence-electron chi connectivity index (χ2n) is 7.21. The normalized spacial score (nSPS) is 28.6. The molecule has 116 valence electrons. The lowest BCUT2D eigenvalue weighted by Gasteiger charge is -2.47. The average Bonchev–Trinajstić information content (AvgIpc) is 2.88. The van der Waals surface area contributed by atoms with E-state index in [-0.39, 0.29) is 11.9 Å². The van der Waals surface area contributed by atoms with E-state index < -0.39 is 0 Å². The molecule has 1 saturated heterocycles. The maximum Gasteiger partial charge on any atom is 0.227 e. The summed E-state index contributed by atoms with van der Waals surface area (Å²) in [6.07, 6.45) is 5.92. The fourth-order valence-corrected chi connectivity index (χ4v) is 4.88. The summed E-state index contributed by atoms with van der Waals surface area (Å²) in [6.45, 7) is 6.96. The van der Waals surface area contributed by atoms with E-state index in [1.54, 1.807) is 0 Å². The highest BCUT2D eigenvalue weighted by Crippen LogP contribution is 2.48. The zero-order chi connectivity index (χ0) is 15.7. The van der Waals surface area contributed by atoms with Crippen molar-refractivity contribution in [3.8, 4) is 0 Å². The Balaban J connectivity index is 1.77. The number of nitrogens with one attached hydrogen (secondary N) is 1. The molecular weight excluding hydrogens is 284 g/mol. The largest absolute Gasteiger partial charge is 0.358 e. The van der Waals surface area contributed by atoms with Crippen molar-refractivity contribution in [3.63, 3.8) is 0 Å². The van der Waals surface area contributed by atoms with Gasteiger partial charge in [0.2, 0.25) is 5.91 Å². The molecule has 1 fully saturated rings. The van der Waals surface area contributed by atoms with E-state index >= 15 is 0 Å². The topological polar surface area (TPSA) is 36.1 Å². The predicted octanol–water partition coefficient (Wildman–Crippen LogP) is 3.46. The van der Waals surface area contributed by atoms with Gasteiger partial charge in [0.25, 0.3) is 0 Å². The Morgan fingerprint density at radius 1 is 1.39 bits per heavy atom. The van der Waals surface area contributed by atoms with E-state index in [9.17, 15) is 4.79 Å². The van der Waals surface area contributed by atoms with Gasteiger partial charge in [-0.2, -0.15) is 0 Å². The third-order valence-electron chi connectivity index (χ3n) is 5.82. The van der Waals surface area contributed by atoms with E-state index in [4.69, 9.17) is 0 Å². The van der Waals surface area contributed by atoms with Crippen LogP contribution in [0.5, 0.6) is 0 Å². The first-order chi connectivity index (χ1) is 11.2. The van der Waals surface area contributed by atoms with Crippen LogP contribution >= 0.6 is 0 Å². The lowest BCUT2D eigenvalue weighted by molar-refractivity contribution is -0.134. The minimum Gasteiger partial charge on any atom is -0.358 e. The SMILES string of the molecule is C=CC1=CC2CC3c4[nH]c5ccc(C)cc5c4CC(=O)N(C2)C13. The molecular formula is C20H20N2O. The highest BCUT2D eigenvalue weighted by molar-refractivity contribution is 5.92. The van der Waals surface area contributed by atoms with Gasteiger partial charge in [0.1, 0.15) is 0 Å². The molecule has 0 saturated carbocycles. The van der Waals surface area contributed by atoms with Crippen molar-refractivity contribution in [3.05, 3.63) is 59.3 Å². The third-order valence-corrected chi connectivity index (χ3v) is 5.82. The van der Waals surface area contributed by atoms with Crippen molar-refractivity contribution in [1.29, 1.82) is 0 Å². The van der Waals surface area contributed by atoms with Crippen LogP contribution in [0, 0.1) is 12.8 Å². The monoisotopic (exact) mass is 304 g/mol. The number of hydrogen-bond donors (Lipinski definition) is 1. The number of benzene rings is 1. The van der Waals surface area contributed by atoms with Gasteiger partial charge in [-0.3, -0.25) is 4.79 Å². The van der Waals surface area contributed by atoms with Gasteiger partial charge in [-0.25, -0.2) is 0 Å². The van der Waals surface area contributed by atoms with Crippen LogP contribution in [0.25, 0.3) is 10.9 Å². The zero-order valence-corrected chi connectivity index (χ0v) is 13.3. The van der Waals surface area contributed by atoms with Crippen LogP contribution in [0.2, 0.25) is 0 Å². The van der Waals surface area contributed by atoms with Crippen LogP contribution in [-0.2, 0) is 11.2 Å². The number of aromatic nitrogens is 1. The van der Waals surface area contributed by atoms with E-state index in [0.29, 0.717) is 18.3 Å². The van der Waals surface area contributed by atoms with Gasteiger partial charge in [-0.1, -0.05) is 30.4 Å². The minimum absolute atomic E-state index is 0.167. The Morgan fingerprint density at radius 3 is 3.09 bits per heavy atom. The summed E-state index contributed by atoms with van der Waals surface area (Å²) in [6, 6.07) is 6.66. The molecule has 2 aromatic rings. The average molecular weight is 304 g/mol. The summed E-state index contributed by atoms with van der Waals surface area (Å²) in [5, 5.41) is 1.22. The van der Waals surface area contributed by atoms with Gasteiger partial charge < -0.3 is 9.88 Å². The smallest absolute Gasteiger partial charge is 0.227 e. The lowest BCUT2D eigenvalue weighted by atomic mass is 9.72. The summed E-state index contributed by atoms with van der Waals surface area (Å²) in [7, 11) is 0. The van der Waals surface area contributed by atoms with Crippen LogP contribution in [0.1, 0.15) is 29.2 Å². The molecule has 3 atom stereocenters. The summed E-state index contributed by atoms with van der Waals surface area (Å²) >= 11 is 0. The summed E-state index contributed by atoms with van der Waals surface area (Å²) < 4.78 is 0. The molecule has 1 aromatic carbocycles. The molecule has 4 bridgehead atoms. The Labute approximate surface area is 135 Å². The van der Waals surface area contributed by atoms with E-state index in [2.05, 4.69) is 47.7 Å². The van der Waals surface area contributed by atoms with E-state index in [1.807, 2.05) is 6.08 Å². The number of fused-ring (bicyclic) bond motifs is 3. The van der Waals surface area contributed by atoms with E-state index in [1.165, 1.54) is 27.8 Å². The number of carbonyl (C=O) groups is 1. The number of aromatic amines is 1. The molecule has 4 aliphatic rings. The Morgan fingerprint density at radius 2 is 2.26 bits per heavy atom. The maximum absolute atomic E-state index is 12.9. The quantitative estimate of drug-likeness (QED) is 0.860. The molecule has 0 radical (unpaired) electrons. The van der Waals surface area contributed by atoms with Crippen LogP contribution in [0.15, 0.2) is 42.5 Å². The Hall–Kier alpha value is -2.29. The molecule has 3 heteroatoms. The van der Waals surface area contributed by atoms with Crippen LogP contribution < -0.4 is 0 Å². The van der Waals surface area contributed by atoms with Crippen molar-refractivity contribution in [2.45, 2.75) is 31.7 Å². The first-order valence-corrected chi connectivity index (χ1v) is 8.40. The Kier molecular flexibility index (Phi) is 2.51. The second kappa shape index (κ2) is 4.38. The number of piperidine rings is 1. The van der Waals surface area contributed by atoms with Gasteiger partial charge in [0.05, 0.1) is 12.5 Å². The van der Waals surface area contributed by atoms with Crippen molar-refractivity contribution < 1.29 is 4.79 Å². The highest BCUT2D eigenvalue weighted by Gasteiger charge is 2.47. The fraction of sp³-hybridized carbons (Fsp3) is 0.350. The second-order valence-corrected chi connectivity index (χ2v) is 7.21. The van der Waals surface area contributed by atoms with Gasteiger partial charge in [-0.15, -0.1) is 0 Å². The minimum atomic E-state index is 0.167. The number of amides is 1. The molecule has 3 nitrogen and oxygen atoms in total. The number of aryl methyl sites for hydroxylation is 1. The molecule has 4 heterocycles. The van der Waals surface area contributed by atoms with Crippen LogP contribution in [0.4, 0.5) is 0 Å².